The highest BCUT2D eigenvalue weighted by Crippen LogP contribution is 1.95. The molecule has 1 atom stereocenters. The third kappa shape index (κ3) is 8.52. The summed E-state index contributed by atoms with van der Waals surface area (Å²) in [6, 6.07) is 0. The third-order valence-corrected chi connectivity index (χ3v) is 2.24. The van der Waals surface area contributed by atoms with Crippen molar-refractivity contribution in [2.24, 2.45) is 5.73 Å². The molecule has 0 radical (unpaired) electrons. The first-order chi connectivity index (χ1) is 6.83. The molecule has 0 spiro atoms. The van der Waals surface area contributed by atoms with Crippen LogP contribution in [0.15, 0.2) is 0 Å². The topological polar surface area (TPSA) is 68.0 Å². The molecule has 100 valence electrons. The first-order valence-corrected chi connectivity index (χ1v) is 5.09. The average molecular weight is 277 g/mol. The third-order valence-electron chi connectivity index (χ3n) is 2.24. The molecule has 1 aliphatic heterocycles. The van der Waals surface area contributed by atoms with Gasteiger partial charge >= 0.3 is 0 Å². The zero-order valence-corrected chi connectivity index (χ0v) is 11.0. The maximum Gasteiger partial charge on any atom is 0.0895 e. The summed E-state index contributed by atoms with van der Waals surface area (Å²) in [5.41, 5.74) is 5.24. The van der Waals surface area contributed by atoms with Crippen molar-refractivity contribution in [1.82, 2.24) is 4.90 Å². The number of ether oxygens (including phenoxy) is 2. The van der Waals surface area contributed by atoms with E-state index in [1.807, 2.05) is 0 Å². The van der Waals surface area contributed by atoms with E-state index in [0.717, 1.165) is 32.8 Å². The van der Waals surface area contributed by atoms with Crippen LogP contribution in [-0.4, -0.2) is 68.7 Å². The normalized spacial score (nSPS) is 18.4. The highest BCUT2D eigenvalue weighted by Gasteiger charge is 2.09. The fourth-order valence-electron chi connectivity index (χ4n) is 1.31. The minimum Gasteiger partial charge on any atom is -0.389 e. The zero-order chi connectivity index (χ0) is 10.2. The lowest BCUT2D eigenvalue weighted by Crippen LogP contribution is -2.38. The van der Waals surface area contributed by atoms with Gasteiger partial charge in [-0.15, -0.1) is 24.8 Å². The van der Waals surface area contributed by atoms with Gasteiger partial charge < -0.3 is 20.3 Å². The number of morpholine rings is 1. The molecule has 1 rings (SSSR count). The summed E-state index contributed by atoms with van der Waals surface area (Å²) >= 11 is 0. The van der Waals surface area contributed by atoms with Gasteiger partial charge in [0.2, 0.25) is 0 Å². The Labute approximate surface area is 109 Å². The number of nitrogens with two attached hydrogens (primary N) is 1. The van der Waals surface area contributed by atoms with Crippen LogP contribution in [0.3, 0.4) is 0 Å². The van der Waals surface area contributed by atoms with E-state index in [1.165, 1.54) is 0 Å². The smallest absolute Gasteiger partial charge is 0.0895 e. The van der Waals surface area contributed by atoms with E-state index in [-0.39, 0.29) is 31.4 Å². The Morgan fingerprint density at radius 3 is 2.50 bits per heavy atom. The Bertz CT molecular complexity index is 149. The molecule has 0 aromatic rings. The molecule has 0 amide bonds. The van der Waals surface area contributed by atoms with Crippen molar-refractivity contribution >= 4 is 24.8 Å². The van der Waals surface area contributed by atoms with Gasteiger partial charge in [-0.1, -0.05) is 0 Å². The molecule has 1 saturated heterocycles. The van der Waals surface area contributed by atoms with Crippen molar-refractivity contribution in [3.05, 3.63) is 0 Å². The standard InChI is InChI=1S/C9H20N2O3.2ClH/c10-7-9(12)8-14-6-3-11-1-4-13-5-2-11;;/h9,12H,1-8,10H2;2*1H. The van der Waals surface area contributed by atoms with Crippen molar-refractivity contribution in [3.63, 3.8) is 0 Å². The van der Waals surface area contributed by atoms with E-state index in [4.69, 9.17) is 20.3 Å². The van der Waals surface area contributed by atoms with E-state index < -0.39 is 6.10 Å². The highest BCUT2D eigenvalue weighted by atomic mass is 35.5. The quantitative estimate of drug-likeness (QED) is 0.641. The first kappa shape index (κ1) is 18.7. The van der Waals surface area contributed by atoms with Crippen molar-refractivity contribution in [2.75, 3.05) is 52.6 Å². The number of halogens is 2. The molecule has 1 aliphatic rings. The van der Waals surface area contributed by atoms with E-state index in [2.05, 4.69) is 4.90 Å². The molecule has 5 nitrogen and oxygen atoms in total. The Morgan fingerprint density at radius 1 is 1.31 bits per heavy atom. The number of aliphatic hydroxyl groups is 1. The van der Waals surface area contributed by atoms with Gasteiger partial charge in [-0.05, 0) is 0 Å². The molecule has 0 aliphatic carbocycles. The number of hydrogen-bond donors (Lipinski definition) is 2. The molecule has 0 bridgehead atoms. The number of rotatable bonds is 6. The average Bonchev–Trinajstić information content (AvgIpc) is 2.25. The van der Waals surface area contributed by atoms with E-state index >= 15 is 0 Å². The fourth-order valence-corrected chi connectivity index (χ4v) is 1.31. The summed E-state index contributed by atoms with van der Waals surface area (Å²) in [5, 5.41) is 9.11. The molecular weight excluding hydrogens is 255 g/mol. The molecule has 1 fully saturated rings. The maximum absolute atomic E-state index is 9.11. The van der Waals surface area contributed by atoms with Crippen molar-refractivity contribution in [3.8, 4) is 0 Å². The van der Waals surface area contributed by atoms with Gasteiger partial charge in [0.1, 0.15) is 0 Å². The molecule has 3 N–H and O–H groups in total. The Morgan fingerprint density at radius 2 is 1.94 bits per heavy atom. The number of hydrogen-bond acceptors (Lipinski definition) is 5. The van der Waals surface area contributed by atoms with Crippen LogP contribution in [0.5, 0.6) is 0 Å². The summed E-state index contributed by atoms with van der Waals surface area (Å²) < 4.78 is 10.5. The number of nitrogens with zero attached hydrogens (tertiary/aromatic N) is 1. The van der Waals surface area contributed by atoms with Crippen LogP contribution in [0.1, 0.15) is 0 Å². The summed E-state index contributed by atoms with van der Waals surface area (Å²) in [6.07, 6.45) is -0.528. The second-order valence-corrected chi connectivity index (χ2v) is 3.42. The van der Waals surface area contributed by atoms with Gasteiger partial charge in [0.15, 0.2) is 0 Å². The van der Waals surface area contributed by atoms with Crippen LogP contribution in [0.4, 0.5) is 0 Å². The van der Waals surface area contributed by atoms with Crippen molar-refractivity contribution in [1.29, 1.82) is 0 Å². The minimum absolute atomic E-state index is 0. The summed E-state index contributed by atoms with van der Waals surface area (Å²) in [4.78, 5) is 2.29. The molecule has 1 unspecified atom stereocenters. The molecule has 0 aromatic carbocycles. The number of aliphatic hydroxyl groups excluding tert-OH is 1. The summed E-state index contributed by atoms with van der Waals surface area (Å²) in [6.45, 7) is 5.72. The Kier molecular flexibility index (Phi) is 13.9. The van der Waals surface area contributed by atoms with Gasteiger partial charge in [-0.25, -0.2) is 0 Å². The summed E-state index contributed by atoms with van der Waals surface area (Å²) in [5.74, 6) is 0. The Balaban J connectivity index is 0. The lowest BCUT2D eigenvalue weighted by Gasteiger charge is -2.26. The van der Waals surface area contributed by atoms with Crippen LogP contribution in [-0.2, 0) is 9.47 Å². The molecule has 0 saturated carbocycles. The second kappa shape index (κ2) is 11.9. The largest absolute Gasteiger partial charge is 0.389 e. The van der Waals surface area contributed by atoms with Crippen molar-refractivity contribution in [2.45, 2.75) is 6.10 Å². The van der Waals surface area contributed by atoms with Gasteiger partial charge in [0.05, 0.1) is 32.5 Å². The van der Waals surface area contributed by atoms with E-state index in [1.54, 1.807) is 0 Å². The van der Waals surface area contributed by atoms with Crippen LogP contribution in [0.25, 0.3) is 0 Å². The Hall–Kier alpha value is 0.380. The zero-order valence-electron chi connectivity index (χ0n) is 9.34. The van der Waals surface area contributed by atoms with Gasteiger partial charge in [-0.3, -0.25) is 4.90 Å². The van der Waals surface area contributed by atoms with Crippen molar-refractivity contribution < 1.29 is 14.6 Å². The monoisotopic (exact) mass is 276 g/mol. The van der Waals surface area contributed by atoms with Crippen LogP contribution in [0.2, 0.25) is 0 Å². The minimum atomic E-state index is -0.528. The highest BCUT2D eigenvalue weighted by molar-refractivity contribution is 5.85. The van der Waals surface area contributed by atoms with Gasteiger partial charge in [-0.2, -0.15) is 0 Å². The van der Waals surface area contributed by atoms with Gasteiger partial charge in [0.25, 0.3) is 0 Å². The first-order valence-electron chi connectivity index (χ1n) is 5.09. The molecule has 7 heteroatoms. The molecule has 1 heterocycles. The van der Waals surface area contributed by atoms with Gasteiger partial charge in [0, 0.05) is 26.2 Å². The maximum atomic E-state index is 9.11. The van der Waals surface area contributed by atoms with Crippen LogP contribution in [0, 0.1) is 0 Å². The van der Waals surface area contributed by atoms with Crippen LogP contribution < -0.4 is 5.73 Å². The van der Waals surface area contributed by atoms with E-state index in [9.17, 15) is 0 Å². The summed E-state index contributed by atoms with van der Waals surface area (Å²) in [7, 11) is 0. The lowest BCUT2D eigenvalue weighted by molar-refractivity contribution is 0.00316. The molecule has 0 aromatic heterocycles. The lowest BCUT2D eigenvalue weighted by atomic mass is 10.4. The predicted molar refractivity (Wildman–Crippen MR) is 67.6 cm³/mol. The van der Waals surface area contributed by atoms with Crippen LogP contribution >= 0.6 is 24.8 Å². The second-order valence-electron chi connectivity index (χ2n) is 3.42. The SMILES string of the molecule is Cl.Cl.NCC(O)COCCN1CCOCC1. The molecular formula is C9H22Cl2N2O3. The molecule has 16 heavy (non-hydrogen) atoms. The van der Waals surface area contributed by atoms with E-state index in [0.29, 0.717) is 13.2 Å². The fraction of sp³-hybridized carbons (Fsp3) is 1.00. The predicted octanol–water partition coefficient (Wildman–Crippen LogP) is -0.502.